The van der Waals surface area contributed by atoms with Crippen molar-refractivity contribution in [3.63, 3.8) is 0 Å². The summed E-state index contributed by atoms with van der Waals surface area (Å²) in [6, 6.07) is 0. The molecule has 0 fully saturated rings. The number of rotatable bonds is 5. The van der Waals surface area contributed by atoms with E-state index in [0.29, 0.717) is 0 Å². The maximum Gasteiger partial charge on any atom is 0.343 e. The van der Waals surface area contributed by atoms with Crippen molar-refractivity contribution in [2.75, 3.05) is 21.3 Å². The molecule has 8 nitrogen and oxygen atoms in total. The quantitative estimate of drug-likeness (QED) is 0.403. The first-order valence-electron chi connectivity index (χ1n) is 4.63. The van der Waals surface area contributed by atoms with Gasteiger partial charge < -0.3 is 29.7 Å². The van der Waals surface area contributed by atoms with Crippen molar-refractivity contribution in [1.29, 1.82) is 0 Å². The molecule has 0 heterocycles. The molecule has 0 aliphatic carbocycles. The second-order valence-corrected chi connectivity index (χ2v) is 3.02. The highest BCUT2D eigenvalue weighted by atomic mass is 17.2. The highest BCUT2D eigenvalue weighted by Crippen LogP contribution is 2.52. The molecule has 18 heavy (non-hydrogen) atoms. The van der Waals surface area contributed by atoms with E-state index in [-0.39, 0.29) is 5.75 Å². The van der Waals surface area contributed by atoms with Crippen molar-refractivity contribution in [1.82, 2.24) is 0 Å². The summed E-state index contributed by atoms with van der Waals surface area (Å²) >= 11 is 0. The minimum atomic E-state index is -1.43. The molecular weight excluding hydrogens is 248 g/mol. The Morgan fingerprint density at radius 1 is 0.944 bits per heavy atom. The Balaban J connectivity index is 3.70. The van der Waals surface area contributed by atoms with Crippen molar-refractivity contribution in [3.05, 3.63) is 5.56 Å². The fraction of sp³-hybridized carbons (Fsp3) is 0.300. The summed E-state index contributed by atoms with van der Waals surface area (Å²) in [6.07, 6.45) is 0. The van der Waals surface area contributed by atoms with Gasteiger partial charge in [0.1, 0.15) is 0 Å². The number of methoxy groups -OCH3 is 2. The van der Waals surface area contributed by atoms with Gasteiger partial charge in [0, 0.05) is 0 Å². The predicted molar refractivity (Wildman–Crippen MR) is 57.5 cm³/mol. The van der Waals surface area contributed by atoms with Gasteiger partial charge in [-0.05, 0) is 0 Å². The van der Waals surface area contributed by atoms with E-state index in [1.54, 1.807) is 0 Å². The van der Waals surface area contributed by atoms with Gasteiger partial charge in [0.2, 0.25) is 11.5 Å². The largest absolute Gasteiger partial charge is 0.502 e. The van der Waals surface area contributed by atoms with Gasteiger partial charge in [0.25, 0.3) is 5.75 Å². The SMILES string of the molecule is COOc1c(O)c(O)c(OC)c(C(=O)O)c1OC. The summed E-state index contributed by atoms with van der Waals surface area (Å²) in [5.41, 5.74) is -0.498. The van der Waals surface area contributed by atoms with E-state index in [4.69, 9.17) is 14.6 Å². The molecule has 0 saturated carbocycles. The monoisotopic (exact) mass is 260 g/mol. The lowest BCUT2D eigenvalue weighted by Crippen LogP contribution is -2.07. The first-order chi connectivity index (χ1) is 8.49. The van der Waals surface area contributed by atoms with Crippen LogP contribution in [0, 0.1) is 0 Å². The molecule has 1 aromatic rings. The van der Waals surface area contributed by atoms with Gasteiger partial charge in [-0.25, -0.2) is 4.79 Å². The van der Waals surface area contributed by atoms with Gasteiger partial charge in [0.05, 0.1) is 21.3 Å². The smallest absolute Gasteiger partial charge is 0.343 e. The number of carboxylic acid groups (broad SMARTS) is 1. The normalized spacial score (nSPS) is 9.94. The van der Waals surface area contributed by atoms with E-state index in [9.17, 15) is 15.0 Å². The lowest BCUT2D eigenvalue weighted by Gasteiger charge is -2.16. The number of aromatic carboxylic acids is 1. The average Bonchev–Trinajstić information content (AvgIpc) is 2.34. The third kappa shape index (κ3) is 2.05. The molecule has 3 N–H and O–H groups in total. The standard InChI is InChI=1S/C10H12O8/c1-15-7-4(10(13)14)8(16-2)9(18-17-3)6(12)5(7)11/h11-12H,1-3H3,(H,13,14). The number of phenolic OH excluding ortho intramolecular Hbond substituents is 2. The van der Waals surface area contributed by atoms with E-state index >= 15 is 0 Å². The number of phenols is 2. The Hall–Kier alpha value is -2.35. The van der Waals surface area contributed by atoms with Crippen LogP contribution in [0.3, 0.4) is 0 Å². The summed E-state index contributed by atoms with van der Waals surface area (Å²) < 4.78 is 9.56. The second kappa shape index (κ2) is 5.32. The molecule has 0 aliphatic heterocycles. The number of hydrogen-bond acceptors (Lipinski definition) is 7. The van der Waals surface area contributed by atoms with Crippen LogP contribution in [-0.2, 0) is 4.89 Å². The molecule has 0 bridgehead atoms. The topological polar surface area (TPSA) is 115 Å². The van der Waals surface area contributed by atoms with Crippen molar-refractivity contribution in [3.8, 4) is 28.7 Å². The average molecular weight is 260 g/mol. The number of carbonyl (C=O) groups is 1. The number of benzene rings is 1. The Morgan fingerprint density at radius 3 is 1.83 bits per heavy atom. The van der Waals surface area contributed by atoms with Gasteiger partial charge in [0.15, 0.2) is 17.1 Å². The van der Waals surface area contributed by atoms with Gasteiger partial charge in [-0.2, -0.15) is 4.89 Å². The first-order valence-corrected chi connectivity index (χ1v) is 4.63. The summed E-state index contributed by atoms with van der Waals surface area (Å²) in [5, 5.41) is 28.3. The van der Waals surface area contributed by atoms with Crippen LogP contribution in [0.1, 0.15) is 10.4 Å². The van der Waals surface area contributed by atoms with Gasteiger partial charge in [-0.3, -0.25) is 0 Å². The van der Waals surface area contributed by atoms with E-state index in [1.165, 1.54) is 7.11 Å². The fourth-order valence-corrected chi connectivity index (χ4v) is 1.41. The predicted octanol–water partition coefficient (Wildman–Crippen LogP) is 0.753. The Kier molecular flexibility index (Phi) is 4.05. The molecule has 0 amide bonds. The number of aromatic hydroxyl groups is 2. The Bertz CT molecular complexity index is 468. The van der Waals surface area contributed by atoms with Crippen molar-refractivity contribution < 1.29 is 39.4 Å². The maximum atomic E-state index is 11.1. The van der Waals surface area contributed by atoms with Gasteiger partial charge in [-0.15, -0.1) is 0 Å². The van der Waals surface area contributed by atoms with Crippen LogP contribution in [-0.4, -0.2) is 42.6 Å². The summed E-state index contributed by atoms with van der Waals surface area (Å²) in [4.78, 5) is 20.0. The third-order valence-corrected chi connectivity index (χ3v) is 2.10. The van der Waals surface area contributed by atoms with Crippen molar-refractivity contribution in [2.24, 2.45) is 0 Å². The highest BCUT2D eigenvalue weighted by molar-refractivity contribution is 5.97. The fourth-order valence-electron chi connectivity index (χ4n) is 1.41. The lowest BCUT2D eigenvalue weighted by atomic mass is 10.1. The first kappa shape index (κ1) is 13.7. The van der Waals surface area contributed by atoms with Crippen LogP contribution in [0.15, 0.2) is 0 Å². The maximum absolute atomic E-state index is 11.1. The van der Waals surface area contributed by atoms with Crippen LogP contribution < -0.4 is 14.4 Å². The molecule has 0 spiro atoms. The molecule has 0 radical (unpaired) electrons. The Morgan fingerprint density at radius 2 is 1.44 bits per heavy atom. The van der Waals surface area contributed by atoms with Crippen LogP contribution >= 0.6 is 0 Å². The molecule has 100 valence electrons. The van der Waals surface area contributed by atoms with Crippen LogP contribution in [0.25, 0.3) is 0 Å². The molecule has 0 atom stereocenters. The molecule has 1 rings (SSSR count). The van der Waals surface area contributed by atoms with Crippen LogP contribution in [0.2, 0.25) is 0 Å². The summed E-state index contributed by atoms with van der Waals surface area (Å²) in [5.74, 6) is -4.22. The van der Waals surface area contributed by atoms with E-state index in [2.05, 4.69) is 9.78 Å². The lowest BCUT2D eigenvalue weighted by molar-refractivity contribution is -0.180. The third-order valence-electron chi connectivity index (χ3n) is 2.10. The second-order valence-electron chi connectivity index (χ2n) is 3.02. The van der Waals surface area contributed by atoms with Crippen LogP contribution in [0.5, 0.6) is 28.7 Å². The molecular formula is C10H12O8. The van der Waals surface area contributed by atoms with E-state index < -0.39 is 34.5 Å². The van der Waals surface area contributed by atoms with Gasteiger partial charge >= 0.3 is 5.97 Å². The number of carboxylic acids is 1. The molecule has 0 saturated heterocycles. The zero-order valence-electron chi connectivity index (χ0n) is 9.88. The number of ether oxygens (including phenoxy) is 2. The molecule has 0 unspecified atom stereocenters. The van der Waals surface area contributed by atoms with Gasteiger partial charge in [-0.1, -0.05) is 0 Å². The zero-order chi connectivity index (χ0) is 13.9. The molecule has 1 aromatic carbocycles. The Labute approximate surface area is 102 Å². The number of hydrogen-bond donors (Lipinski definition) is 3. The van der Waals surface area contributed by atoms with Crippen LogP contribution in [0.4, 0.5) is 0 Å². The minimum absolute atomic E-state index is 0.337. The van der Waals surface area contributed by atoms with E-state index in [1.807, 2.05) is 0 Å². The van der Waals surface area contributed by atoms with Crippen molar-refractivity contribution >= 4 is 5.97 Å². The molecule has 0 aliphatic rings. The highest BCUT2D eigenvalue weighted by Gasteiger charge is 2.31. The molecule has 0 aromatic heterocycles. The summed E-state index contributed by atoms with van der Waals surface area (Å²) in [6.45, 7) is 0. The minimum Gasteiger partial charge on any atom is -0.502 e. The zero-order valence-corrected chi connectivity index (χ0v) is 9.88. The summed E-state index contributed by atoms with van der Waals surface area (Å²) in [7, 11) is 3.44. The molecule has 8 heteroatoms. The van der Waals surface area contributed by atoms with E-state index in [0.717, 1.165) is 14.2 Å². The van der Waals surface area contributed by atoms with Crippen molar-refractivity contribution in [2.45, 2.75) is 0 Å².